The molecule has 1 unspecified atom stereocenters. The topological polar surface area (TPSA) is 118 Å². The Balaban J connectivity index is 1.24. The van der Waals surface area contributed by atoms with Gasteiger partial charge in [0.1, 0.15) is 11.6 Å². The van der Waals surface area contributed by atoms with E-state index in [-0.39, 0.29) is 62.2 Å². The summed E-state index contributed by atoms with van der Waals surface area (Å²) in [7, 11) is -4.08. The highest BCUT2D eigenvalue weighted by Gasteiger charge is 2.30. The molecule has 0 bridgehead atoms. The zero-order chi connectivity index (χ0) is 29.0. The standard InChI is InChI=1S/C28H27F2N5O5S/c1-19-6-9-21(10-7-19)28-31-27(32-40-28)22-11-8-20(16-24(22)30)17-26(39-18-36)33-41(37,38)35-14-12-34(13-15-35)25-5-3-2-4-23(25)29/h2-11,16,18,26,33H,12-15,17H2,1H3. The molecule has 1 atom stereocenters. The van der Waals surface area contributed by atoms with E-state index in [1.165, 1.54) is 22.5 Å². The van der Waals surface area contributed by atoms with Crippen LogP contribution < -0.4 is 9.62 Å². The van der Waals surface area contributed by atoms with E-state index in [9.17, 15) is 17.6 Å². The van der Waals surface area contributed by atoms with Gasteiger partial charge in [0.2, 0.25) is 5.82 Å². The summed E-state index contributed by atoms with van der Waals surface area (Å²) in [5, 5.41) is 3.88. The van der Waals surface area contributed by atoms with Crippen molar-refractivity contribution in [2.75, 3.05) is 31.1 Å². The van der Waals surface area contributed by atoms with E-state index in [1.807, 2.05) is 31.2 Å². The number of piperazine rings is 1. The summed E-state index contributed by atoms with van der Waals surface area (Å²) in [6.07, 6.45) is -1.42. The Morgan fingerprint density at radius 2 is 1.76 bits per heavy atom. The second-order valence-corrected chi connectivity index (χ2v) is 11.2. The number of benzene rings is 3. The molecule has 1 aliphatic rings. The van der Waals surface area contributed by atoms with E-state index in [2.05, 4.69) is 14.9 Å². The zero-order valence-electron chi connectivity index (χ0n) is 22.0. The molecule has 0 amide bonds. The minimum absolute atomic E-state index is 0.0561. The van der Waals surface area contributed by atoms with Gasteiger partial charge in [-0.1, -0.05) is 41.1 Å². The minimum atomic E-state index is -4.08. The lowest BCUT2D eigenvalue weighted by Crippen LogP contribution is -2.54. The Morgan fingerprint density at radius 3 is 2.44 bits per heavy atom. The number of hydrogen-bond acceptors (Lipinski definition) is 8. The maximum absolute atomic E-state index is 15.1. The van der Waals surface area contributed by atoms with Gasteiger partial charge in [-0.15, -0.1) is 0 Å². The molecule has 2 heterocycles. The third kappa shape index (κ3) is 6.59. The molecule has 1 aromatic heterocycles. The zero-order valence-corrected chi connectivity index (χ0v) is 22.9. The average molecular weight is 584 g/mol. The molecule has 0 radical (unpaired) electrons. The Bertz CT molecular complexity index is 1620. The second kappa shape index (κ2) is 12.1. The molecule has 5 rings (SSSR count). The van der Waals surface area contributed by atoms with Gasteiger partial charge in [0, 0.05) is 38.2 Å². The molecule has 0 aliphatic carbocycles. The van der Waals surface area contributed by atoms with Crippen molar-refractivity contribution in [2.24, 2.45) is 0 Å². The number of rotatable bonds is 10. The van der Waals surface area contributed by atoms with Crippen LogP contribution in [0.2, 0.25) is 0 Å². The summed E-state index contributed by atoms with van der Waals surface area (Å²) in [5.74, 6) is -0.742. The lowest BCUT2D eigenvalue weighted by Gasteiger charge is -2.36. The fraction of sp³-hybridized carbons (Fsp3) is 0.250. The van der Waals surface area contributed by atoms with Gasteiger partial charge in [-0.3, -0.25) is 4.79 Å². The molecule has 1 fully saturated rings. The lowest BCUT2D eigenvalue weighted by atomic mass is 10.1. The Hall–Kier alpha value is -4.20. The third-order valence-corrected chi connectivity index (χ3v) is 8.30. The van der Waals surface area contributed by atoms with E-state index >= 15 is 4.39 Å². The van der Waals surface area contributed by atoms with Crippen molar-refractivity contribution in [1.82, 2.24) is 19.2 Å². The summed E-state index contributed by atoms with van der Waals surface area (Å²) in [4.78, 5) is 17.2. The minimum Gasteiger partial charge on any atom is -0.447 e. The molecule has 0 saturated carbocycles. The van der Waals surface area contributed by atoms with Crippen molar-refractivity contribution in [3.8, 4) is 22.8 Å². The molecule has 41 heavy (non-hydrogen) atoms. The van der Waals surface area contributed by atoms with Crippen LogP contribution >= 0.6 is 0 Å². The van der Waals surface area contributed by atoms with Crippen molar-refractivity contribution in [1.29, 1.82) is 0 Å². The van der Waals surface area contributed by atoms with E-state index in [0.717, 1.165) is 5.56 Å². The van der Waals surface area contributed by atoms with Crippen molar-refractivity contribution in [3.63, 3.8) is 0 Å². The summed E-state index contributed by atoms with van der Waals surface area (Å²) < 4.78 is 69.1. The second-order valence-electron chi connectivity index (χ2n) is 9.49. The monoisotopic (exact) mass is 583 g/mol. The van der Waals surface area contributed by atoms with Crippen molar-refractivity contribution >= 4 is 22.4 Å². The number of ether oxygens (including phenoxy) is 1. The van der Waals surface area contributed by atoms with Gasteiger partial charge in [0.05, 0.1) is 11.3 Å². The molecule has 13 heteroatoms. The molecule has 1 aliphatic heterocycles. The predicted molar refractivity (Wildman–Crippen MR) is 147 cm³/mol. The molecule has 3 aromatic carbocycles. The van der Waals surface area contributed by atoms with Crippen LogP contribution in [0.25, 0.3) is 22.8 Å². The van der Waals surface area contributed by atoms with Crippen LogP contribution in [-0.2, 0) is 26.2 Å². The number of hydrogen-bond donors (Lipinski definition) is 1. The number of nitrogens with one attached hydrogen (secondary N) is 1. The van der Waals surface area contributed by atoms with Crippen LogP contribution in [0.1, 0.15) is 11.1 Å². The fourth-order valence-corrected chi connectivity index (χ4v) is 5.79. The first-order valence-corrected chi connectivity index (χ1v) is 14.2. The van der Waals surface area contributed by atoms with Gasteiger partial charge in [0.25, 0.3) is 22.6 Å². The maximum Gasteiger partial charge on any atom is 0.294 e. The van der Waals surface area contributed by atoms with Crippen LogP contribution in [0.3, 0.4) is 0 Å². The Morgan fingerprint density at radius 1 is 1.02 bits per heavy atom. The fourth-order valence-electron chi connectivity index (χ4n) is 4.53. The van der Waals surface area contributed by atoms with Crippen molar-refractivity contribution in [3.05, 3.63) is 89.5 Å². The van der Waals surface area contributed by atoms with Gasteiger partial charge < -0.3 is 14.2 Å². The molecule has 10 nitrogen and oxygen atoms in total. The molecule has 1 N–H and O–H groups in total. The Kier molecular flexibility index (Phi) is 8.38. The highest BCUT2D eigenvalue weighted by molar-refractivity contribution is 7.87. The van der Waals surface area contributed by atoms with Gasteiger partial charge in [-0.2, -0.15) is 22.4 Å². The number of anilines is 1. The summed E-state index contributed by atoms with van der Waals surface area (Å²) in [5.41, 5.74) is 2.62. The van der Waals surface area contributed by atoms with Gasteiger partial charge in [0.15, 0.2) is 6.23 Å². The van der Waals surface area contributed by atoms with Gasteiger partial charge >= 0.3 is 0 Å². The van der Waals surface area contributed by atoms with E-state index < -0.39 is 22.3 Å². The largest absolute Gasteiger partial charge is 0.447 e. The van der Waals surface area contributed by atoms with Gasteiger partial charge in [-0.25, -0.2) is 8.78 Å². The number of carbonyl (C=O) groups excluding carboxylic acids is 1. The molecule has 0 spiro atoms. The van der Waals surface area contributed by atoms with Crippen LogP contribution in [0.15, 0.2) is 71.3 Å². The van der Waals surface area contributed by atoms with Crippen LogP contribution in [-0.4, -0.2) is 61.7 Å². The molecule has 214 valence electrons. The predicted octanol–water partition coefficient (Wildman–Crippen LogP) is 3.69. The first-order chi connectivity index (χ1) is 19.7. The number of aryl methyl sites for hydroxylation is 1. The summed E-state index contributed by atoms with van der Waals surface area (Å²) in [6, 6.07) is 17.9. The lowest BCUT2D eigenvalue weighted by molar-refractivity contribution is -0.133. The molecular formula is C28H27F2N5O5S. The molecular weight excluding hydrogens is 556 g/mol. The molecule has 4 aromatic rings. The number of halogens is 2. The number of carbonyl (C=O) groups is 1. The van der Waals surface area contributed by atoms with Crippen LogP contribution in [0.5, 0.6) is 0 Å². The van der Waals surface area contributed by atoms with Crippen molar-refractivity contribution < 1.29 is 31.3 Å². The van der Waals surface area contributed by atoms with E-state index in [4.69, 9.17) is 9.26 Å². The average Bonchev–Trinajstić information content (AvgIpc) is 3.44. The SMILES string of the molecule is Cc1ccc(-c2nc(-c3ccc(CC(NS(=O)(=O)N4CCN(c5ccccc5F)CC4)OC=O)cc3F)no2)cc1. The Labute approximate surface area is 235 Å². The van der Waals surface area contributed by atoms with E-state index in [0.29, 0.717) is 16.8 Å². The normalized spacial score (nSPS) is 15.0. The van der Waals surface area contributed by atoms with E-state index in [1.54, 1.807) is 29.2 Å². The molecule has 1 saturated heterocycles. The number of para-hydroxylation sites is 1. The first kappa shape index (κ1) is 28.3. The smallest absolute Gasteiger partial charge is 0.294 e. The number of aromatic nitrogens is 2. The third-order valence-electron chi connectivity index (χ3n) is 6.69. The first-order valence-electron chi connectivity index (χ1n) is 12.8. The summed E-state index contributed by atoms with van der Waals surface area (Å²) >= 11 is 0. The quantitative estimate of drug-likeness (QED) is 0.222. The van der Waals surface area contributed by atoms with Crippen LogP contribution in [0.4, 0.5) is 14.5 Å². The van der Waals surface area contributed by atoms with Crippen molar-refractivity contribution in [2.45, 2.75) is 19.6 Å². The highest BCUT2D eigenvalue weighted by atomic mass is 32.2. The number of nitrogens with zero attached hydrogens (tertiary/aromatic N) is 4. The summed E-state index contributed by atoms with van der Waals surface area (Å²) in [6.45, 7) is 2.81. The van der Waals surface area contributed by atoms with Gasteiger partial charge in [-0.05, 0) is 48.9 Å². The maximum atomic E-state index is 15.1. The van der Waals surface area contributed by atoms with Crippen LogP contribution in [0, 0.1) is 18.6 Å². The highest BCUT2D eigenvalue weighted by Crippen LogP contribution is 2.26.